The minimum absolute atomic E-state index is 0.200. The fraction of sp³-hybridized carbons (Fsp3) is 0.333. The number of carbonyl (C=O) groups excluding carboxylic acids is 3. The van der Waals surface area contributed by atoms with Crippen LogP contribution in [0.15, 0.2) is 24.3 Å². The number of urea groups is 1. The lowest BCUT2D eigenvalue weighted by atomic mass is 10.1. The summed E-state index contributed by atoms with van der Waals surface area (Å²) in [7, 11) is 0. The Hall–Kier alpha value is -3.16. The third-order valence-corrected chi connectivity index (χ3v) is 4.46. The average molecular weight is 355 g/mol. The van der Waals surface area contributed by atoms with E-state index < -0.39 is 6.03 Å². The molecule has 26 heavy (non-hydrogen) atoms. The van der Waals surface area contributed by atoms with Gasteiger partial charge in [-0.3, -0.25) is 24.9 Å². The monoisotopic (exact) mass is 355 g/mol. The van der Waals surface area contributed by atoms with E-state index in [1.54, 1.807) is 24.3 Å². The Balaban J connectivity index is 1.84. The molecular weight excluding hydrogens is 334 g/mol. The first-order valence-corrected chi connectivity index (χ1v) is 8.41. The van der Waals surface area contributed by atoms with Gasteiger partial charge in [0.05, 0.1) is 23.0 Å². The molecule has 1 fully saturated rings. The molecule has 0 spiro atoms. The highest BCUT2D eigenvalue weighted by molar-refractivity contribution is 6.09. The van der Waals surface area contributed by atoms with Gasteiger partial charge in [0.25, 0.3) is 5.91 Å². The molecule has 2 aromatic rings. The topological polar surface area (TPSA) is 107 Å². The summed E-state index contributed by atoms with van der Waals surface area (Å²) in [5.74, 6) is -0.606. The summed E-state index contributed by atoms with van der Waals surface area (Å²) in [6, 6.07) is 6.09. The number of amides is 4. The zero-order valence-corrected chi connectivity index (χ0v) is 14.9. The number of H-pyrrole nitrogens is 1. The molecule has 0 aliphatic carbocycles. The Bertz CT molecular complexity index is 854. The van der Waals surface area contributed by atoms with Gasteiger partial charge in [-0.2, -0.15) is 5.10 Å². The van der Waals surface area contributed by atoms with Gasteiger partial charge in [-0.1, -0.05) is 12.1 Å². The number of hydrogen-bond acceptors (Lipinski definition) is 4. The fourth-order valence-electron chi connectivity index (χ4n) is 3.24. The van der Waals surface area contributed by atoms with Crippen LogP contribution in [0.25, 0.3) is 0 Å². The number of nitrogens with zero attached hydrogens (tertiary/aromatic N) is 2. The summed E-state index contributed by atoms with van der Waals surface area (Å²) in [6.45, 7) is 5.91. The van der Waals surface area contributed by atoms with Crippen LogP contribution in [0.2, 0.25) is 0 Å². The SMILES string of the molecule is Cc1n[nH]c(C)c1C(C)NC(=O)c1ccccc1N1CCC(=O)NC1=O. The maximum Gasteiger partial charge on any atom is 0.328 e. The van der Waals surface area contributed by atoms with E-state index in [0.717, 1.165) is 17.0 Å². The number of aryl methyl sites for hydroxylation is 2. The molecule has 1 aromatic heterocycles. The molecule has 1 unspecified atom stereocenters. The molecule has 8 heteroatoms. The van der Waals surface area contributed by atoms with Crippen molar-refractivity contribution in [1.82, 2.24) is 20.8 Å². The predicted molar refractivity (Wildman–Crippen MR) is 95.9 cm³/mol. The Morgan fingerprint density at radius 2 is 2.00 bits per heavy atom. The standard InChI is InChI=1S/C18H21N5O3/c1-10(16-11(2)21-22-12(16)3)19-17(25)13-6-4-5-7-14(13)23-9-8-15(24)20-18(23)26/h4-7,10H,8-9H2,1-3H3,(H,19,25)(H,21,22)(H,20,24,26). The van der Waals surface area contributed by atoms with Crippen molar-refractivity contribution < 1.29 is 14.4 Å². The summed E-state index contributed by atoms with van der Waals surface area (Å²) in [5.41, 5.74) is 3.53. The van der Waals surface area contributed by atoms with E-state index in [0.29, 0.717) is 11.3 Å². The Kier molecular flexibility index (Phi) is 4.75. The number of hydrogen-bond donors (Lipinski definition) is 3. The first-order chi connectivity index (χ1) is 12.4. The second-order valence-electron chi connectivity index (χ2n) is 6.31. The van der Waals surface area contributed by atoms with E-state index in [2.05, 4.69) is 20.8 Å². The Morgan fingerprint density at radius 3 is 2.65 bits per heavy atom. The van der Waals surface area contributed by atoms with E-state index in [1.165, 1.54) is 4.90 Å². The molecular formula is C18H21N5O3. The van der Waals surface area contributed by atoms with Gasteiger partial charge >= 0.3 is 6.03 Å². The van der Waals surface area contributed by atoms with Gasteiger partial charge in [0.15, 0.2) is 0 Å². The summed E-state index contributed by atoms with van der Waals surface area (Å²) < 4.78 is 0. The number of imide groups is 1. The van der Waals surface area contributed by atoms with Crippen molar-refractivity contribution in [1.29, 1.82) is 0 Å². The highest BCUT2D eigenvalue weighted by Gasteiger charge is 2.28. The number of anilines is 1. The number of carbonyl (C=O) groups is 3. The third kappa shape index (κ3) is 3.30. The smallest absolute Gasteiger partial charge is 0.328 e. The second kappa shape index (κ2) is 6.99. The quantitative estimate of drug-likeness (QED) is 0.779. The van der Waals surface area contributed by atoms with Crippen LogP contribution >= 0.6 is 0 Å². The molecule has 136 valence electrons. The molecule has 0 bridgehead atoms. The average Bonchev–Trinajstić information content (AvgIpc) is 2.93. The first kappa shape index (κ1) is 17.7. The van der Waals surface area contributed by atoms with Crippen LogP contribution in [-0.2, 0) is 4.79 Å². The van der Waals surface area contributed by atoms with Crippen LogP contribution in [0.1, 0.15) is 46.7 Å². The van der Waals surface area contributed by atoms with Crippen molar-refractivity contribution in [3.63, 3.8) is 0 Å². The molecule has 3 rings (SSSR count). The highest BCUT2D eigenvalue weighted by Crippen LogP contribution is 2.24. The molecule has 8 nitrogen and oxygen atoms in total. The zero-order valence-electron chi connectivity index (χ0n) is 14.9. The molecule has 1 atom stereocenters. The summed E-state index contributed by atoms with van der Waals surface area (Å²) in [4.78, 5) is 37.7. The Morgan fingerprint density at radius 1 is 1.27 bits per heavy atom. The maximum absolute atomic E-state index is 12.8. The number of aromatic amines is 1. The number of aromatic nitrogens is 2. The molecule has 0 saturated carbocycles. The van der Waals surface area contributed by atoms with Crippen molar-refractivity contribution in [2.24, 2.45) is 0 Å². The van der Waals surface area contributed by atoms with E-state index in [9.17, 15) is 14.4 Å². The largest absolute Gasteiger partial charge is 0.345 e. The van der Waals surface area contributed by atoms with Gasteiger partial charge < -0.3 is 5.32 Å². The van der Waals surface area contributed by atoms with Crippen LogP contribution in [0.5, 0.6) is 0 Å². The van der Waals surface area contributed by atoms with Gasteiger partial charge in [-0.15, -0.1) is 0 Å². The minimum Gasteiger partial charge on any atom is -0.345 e. The zero-order chi connectivity index (χ0) is 18.8. The van der Waals surface area contributed by atoms with Crippen LogP contribution in [0, 0.1) is 13.8 Å². The van der Waals surface area contributed by atoms with Gasteiger partial charge in [-0.25, -0.2) is 4.79 Å². The second-order valence-corrected chi connectivity index (χ2v) is 6.31. The van der Waals surface area contributed by atoms with Crippen molar-refractivity contribution in [3.05, 3.63) is 46.8 Å². The van der Waals surface area contributed by atoms with Crippen molar-refractivity contribution in [3.8, 4) is 0 Å². The summed E-state index contributed by atoms with van der Waals surface area (Å²) in [5, 5.41) is 12.3. The van der Waals surface area contributed by atoms with Crippen molar-refractivity contribution in [2.75, 3.05) is 11.4 Å². The lowest BCUT2D eigenvalue weighted by Gasteiger charge is -2.28. The lowest BCUT2D eigenvalue weighted by molar-refractivity contribution is -0.120. The maximum atomic E-state index is 12.8. The van der Waals surface area contributed by atoms with Gasteiger partial charge in [-0.05, 0) is 32.9 Å². The number of nitrogens with one attached hydrogen (secondary N) is 3. The van der Waals surface area contributed by atoms with Gasteiger partial charge in [0.2, 0.25) is 5.91 Å². The normalized spacial score (nSPS) is 15.6. The predicted octanol–water partition coefficient (Wildman–Crippen LogP) is 1.96. The van der Waals surface area contributed by atoms with Crippen LogP contribution in [0.4, 0.5) is 10.5 Å². The molecule has 4 amide bonds. The molecule has 2 heterocycles. The van der Waals surface area contributed by atoms with Crippen LogP contribution in [-0.4, -0.2) is 34.6 Å². The highest BCUT2D eigenvalue weighted by atomic mass is 16.2. The minimum atomic E-state index is -0.518. The van der Waals surface area contributed by atoms with E-state index >= 15 is 0 Å². The Labute approximate surface area is 151 Å². The molecule has 3 N–H and O–H groups in total. The fourth-order valence-corrected chi connectivity index (χ4v) is 3.24. The summed E-state index contributed by atoms with van der Waals surface area (Å²) >= 11 is 0. The van der Waals surface area contributed by atoms with E-state index in [1.807, 2.05) is 20.8 Å². The van der Waals surface area contributed by atoms with Crippen LogP contribution < -0.4 is 15.5 Å². The van der Waals surface area contributed by atoms with E-state index in [4.69, 9.17) is 0 Å². The van der Waals surface area contributed by atoms with E-state index in [-0.39, 0.29) is 30.8 Å². The summed E-state index contributed by atoms with van der Waals surface area (Å²) in [6.07, 6.45) is 0.200. The lowest BCUT2D eigenvalue weighted by Crippen LogP contribution is -2.50. The molecule has 1 aliphatic heterocycles. The van der Waals surface area contributed by atoms with Gasteiger partial charge in [0.1, 0.15) is 0 Å². The number of rotatable bonds is 4. The number of benzene rings is 1. The molecule has 1 aromatic carbocycles. The third-order valence-electron chi connectivity index (χ3n) is 4.46. The molecule has 0 radical (unpaired) electrons. The molecule has 1 saturated heterocycles. The van der Waals surface area contributed by atoms with Gasteiger partial charge in [0, 0.05) is 24.2 Å². The number of para-hydroxylation sites is 1. The first-order valence-electron chi connectivity index (χ1n) is 8.41. The van der Waals surface area contributed by atoms with Crippen LogP contribution in [0.3, 0.4) is 0 Å². The van der Waals surface area contributed by atoms with Crippen molar-refractivity contribution in [2.45, 2.75) is 33.2 Å². The molecule has 1 aliphatic rings. The van der Waals surface area contributed by atoms with Crippen molar-refractivity contribution >= 4 is 23.5 Å².